The van der Waals surface area contributed by atoms with E-state index in [2.05, 4.69) is 13.8 Å². The van der Waals surface area contributed by atoms with E-state index in [4.69, 9.17) is 9.47 Å². The summed E-state index contributed by atoms with van der Waals surface area (Å²) in [5, 5.41) is 9.22. The molecule has 17 heavy (non-hydrogen) atoms. The highest BCUT2D eigenvalue weighted by Gasteiger charge is 2.05. The van der Waals surface area contributed by atoms with Gasteiger partial charge in [-0.3, -0.25) is 0 Å². The van der Waals surface area contributed by atoms with Gasteiger partial charge in [-0.25, -0.2) is 0 Å². The van der Waals surface area contributed by atoms with Gasteiger partial charge in [-0.2, -0.15) is 0 Å². The average Bonchev–Trinajstić information content (AvgIpc) is 2.37. The van der Waals surface area contributed by atoms with Crippen molar-refractivity contribution in [1.82, 2.24) is 0 Å². The summed E-state index contributed by atoms with van der Waals surface area (Å²) in [7, 11) is 0. The molecule has 0 aliphatic rings. The number of aliphatic hydroxyl groups is 1. The van der Waals surface area contributed by atoms with Crippen LogP contribution < -0.4 is 9.47 Å². The van der Waals surface area contributed by atoms with Crippen LogP contribution in [0.3, 0.4) is 0 Å². The van der Waals surface area contributed by atoms with Gasteiger partial charge in [-0.15, -0.1) is 0 Å². The van der Waals surface area contributed by atoms with Crippen LogP contribution in [0.1, 0.15) is 38.7 Å². The highest BCUT2D eigenvalue weighted by molar-refractivity contribution is 5.40. The first-order valence-corrected chi connectivity index (χ1v) is 6.31. The van der Waals surface area contributed by atoms with Crippen LogP contribution in [-0.4, -0.2) is 18.3 Å². The minimum absolute atomic E-state index is 0.00445. The maximum atomic E-state index is 9.22. The SMILES string of the molecule is CCCCOc1cc(OCCC)ccc1CO. The van der Waals surface area contributed by atoms with Gasteiger partial charge in [0.15, 0.2) is 0 Å². The van der Waals surface area contributed by atoms with Crippen molar-refractivity contribution in [2.45, 2.75) is 39.7 Å². The third kappa shape index (κ3) is 4.65. The van der Waals surface area contributed by atoms with Crippen molar-refractivity contribution < 1.29 is 14.6 Å². The molecule has 0 unspecified atom stereocenters. The fraction of sp³-hybridized carbons (Fsp3) is 0.571. The fourth-order valence-electron chi connectivity index (χ4n) is 1.44. The van der Waals surface area contributed by atoms with E-state index in [1.165, 1.54) is 0 Å². The second-order valence-electron chi connectivity index (χ2n) is 3.98. The quantitative estimate of drug-likeness (QED) is 0.707. The third-order valence-electron chi connectivity index (χ3n) is 2.44. The van der Waals surface area contributed by atoms with Crippen molar-refractivity contribution in [3.05, 3.63) is 23.8 Å². The molecule has 0 spiro atoms. The van der Waals surface area contributed by atoms with E-state index in [1.54, 1.807) is 0 Å². The lowest BCUT2D eigenvalue weighted by atomic mass is 10.2. The second-order valence-corrected chi connectivity index (χ2v) is 3.98. The van der Waals surface area contributed by atoms with Crippen molar-refractivity contribution in [3.8, 4) is 11.5 Å². The zero-order valence-corrected chi connectivity index (χ0v) is 10.7. The van der Waals surface area contributed by atoms with Crippen LogP contribution in [0.4, 0.5) is 0 Å². The summed E-state index contributed by atoms with van der Waals surface area (Å²) in [4.78, 5) is 0. The molecule has 0 aliphatic heterocycles. The summed E-state index contributed by atoms with van der Waals surface area (Å²) < 4.78 is 11.2. The molecule has 0 aromatic heterocycles. The van der Waals surface area contributed by atoms with Crippen molar-refractivity contribution in [2.75, 3.05) is 13.2 Å². The molecule has 1 aromatic carbocycles. The van der Waals surface area contributed by atoms with Crippen molar-refractivity contribution in [2.24, 2.45) is 0 Å². The van der Waals surface area contributed by atoms with E-state index < -0.39 is 0 Å². The lowest BCUT2D eigenvalue weighted by Crippen LogP contribution is -2.01. The van der Waals surface area contributed by atoms with E-state index in [1.807, 2.05) is 18.2 Å². The molecule has 0 amide bonds. The normalized spacial score (nSPS) is 10.3. The molecule has 0 saturated carbocycles. The Hall–Kier alpha value is -1.22. The van der Waals surface area contributed by atoms with Gasteiger partial charge >= 0.3 is 0 Å². The van der Waals surface area contributed by atoms with Crippen molar-refractivity contribution >= 4 is 0 Å². The zero-order chi connectivity index (χ0) is 12.5. The molecular weight excluding hydrogens is 216 g/mol. The molecule has 1 aromatic rings. The standard InChI is InChI=1S/C14H22O3/c1-3-5-9-17-14-10-13(16-8-4-2)7-6-12(14)11-15/h6-7,10,15H,3-5,8-9,11H2,1-2H3. The topological polar surface area (TPSA) is 38.7 Å². The highest BCUT2D eigenvalue weighted by atomic mass is 16.5. The van der Waals surface area contributed by atoms with Gasteiger partial charge in [-0.05, 0) is 25.0 Å². The first-order chi connectivity index (χ1) is 8.31. The summed E-state index contributed by atoms with van der Waals surface area (Å²) in [6.07, 6.45) is 3.10. The highest BCUT2D eigenvalue weighted by Crippen LogP contribution is 2.25. The molecule has 1 N–H and O–H groups in total. The molecule has 0 heterocycles. The van der Waals surface area contributed by atoms with Crippen LogP contribution in [0.5, 0.6) is 11.5 Å². The largest absolute Gasteiger partial charge is 0.493 e. The fourth-order valence-corrected chi connectivity index (χ4v) is 1.44. The Morgan fingerprint density at radius 1 is 1.06 bits per heavy atom. The zero-order valence-electron chi connectivity index (χ0n) is 10.7. The van der Waals surface area contributed by atoms with Crippen molar-refractivity contribution in [3.63, 3.8) is 0 Å². The van der Waals surface area contributed by atoms with Gasteiger partial charge in [-0.1, -0.05) is 20.3 Å². The van der Waals surface area contributed by atoms with Gasteiger partial charge in [0.1, 0.15) is 11.5 Å². The summed E-state index contributed by atoms with van der Waals surface area (Å²) in [6, 6.07) is 5.58. The Kier molecular flexibility index (Phi) is 6.48. The summed E-state index contributed by atoms with van der Waals surface area (Å²) in [5.74, 6) is 1.53. The first kappa shape index (κ1) is 13.8. The Morgan fingerprint density at radius 2 is 1.88 bits per heavy atom. The molecule has 3 heteroatoms. The van der Waals surface area contributed by atoms with E-state index in [0.29, 0.717) is 13.2 Å². The molecular formula is C14H22O3. The molecule has 1 rings (SSSR count). The molecule has 0 fully saturated rings. The lowest BCUT2D eigenvalue weighted by Gasteiger charge is -2.12. The van der Waals surface area contributed by atoms with Gasteiger partial charge < -0.3 is 14.6 Å². The molecule has 0 saturated heterocycles. The van der Waals surface area contributed by atoms with E-state index in [9.17, 15) is 5.11 Å². The van der Waals surface area contributed by atoms with Crippen LogP contribution in [0.2, 0.25) is 0 Å². The van der Waals surface area contributed by atoms with Crippen LogP contribution in [0.25, 0.3) is 0 Å². The Labute approximate surface area is 103 Å². The minimum Gasteiger partial charge on any atom is -0.493 e. The van der Waals surface area contributed by atoms with Gasteiger partial charge in [0, 0.05) is 11.6 Å². The second kappa shape index (κ2) is 7.96. The van der Waals surface area contributed by atoms with Crippen LogP contribution in [-0.2, 0) is 6.61 Å². The third-order valence-corrected chi connectivity index (χ3v) is 2.44. The Bertz CT molecular complexity index is 323. The molecule has 0 bridgehead atoms. The predicted octanol–water partition coefficient (Wildman–Crippen LogP) is 3.15. The minimum atomic E-state index is -0.00445. The number of benzene rings is 1. The number of rotatable bonds is 8. The maximum absolute atomic E-state index is 9.22. The molecule has 0 radical (unpaired) electrons. The summed E-state index contributed by atoms with van der Waals surface area (Å²) in [5.41, 5.74) is 0.810. The molecule has 3 nitrogen and oxygen atoms in total. The van der Waals surface area contributed by atoms with Crippen LogP contribution in [0, 0.1) is 0 Å². The van der Waals surface area contributed by atoms with Crippen LogP contribution in [0.15, 0.2) is 18.2 Å². The first-order valence-electron chi connectivity index (χ1n) is 6.31. The predicted molar refractivity (Wildman–Crippen MR) is 68.6 cm³/mol. The molecule has 0 aliphatic carbocycles. The Morgan fingerprint density at radius 3 is 2.53 bits per heavy atom. The number of hydrogen-bond acceptors (Lipinski definition) is 3. The molecule has 0 atom stereocenters. The molecule has 96 valence electrons. The lowest BCUT2D eigenvalue weighted by molar-refractivity contribution is 0.258. The number of unbranched alkanes of at least 4 members (excludes halogenated alkanes) is 1. The average molecular weight is 238 g/mol. The van der Waals surface area contributed by atoms with E-state index >= 15 is 0 Å². The Balaban J connectivity index is 2.68. The number of hydrogen-bond donors (Lipinski definition) is 1. The summed E-state index contributed by atoms with van der Waals surface area (Å²) >= 11 is 0. The monoisotopic (exact) mass is 238 g/mol. The smallest absolute Gasteiger partial charge is 0.128 e. The maximum Gasteiger partial charge on any atom is 0.128 e. The number of aliphatic hydroxyl groups excluding tert-OH is 1. The van der Waals surface area contributed by atoms with Gasteiger partial charge in [0.05, 0.1) is 19.8 Å². The van der Waals surface area contributed by atoms with E-state index in [0.717, 1.165) is 36.3 Å². The van der Waals surface area contributed by atoms with Crippen molar-refractivity contribution in [1.29, 1.82) is 0 Å². The number of ether oxygens (including phenoxy) is 2. The van der Waals surface area contributed by atoms with E-state index in [-0.39, 0.29) is 6.61 Å². The van der Waals surface area contributed by atoms with Gasteiger partial charge in [0.2, 0.25) is 0 Å². The van der Waals surface area contributed by atoms with Crippen LogP contribution >= 0.6 is 0 Å². The summed E-state index contributed by atoms with van der Waals surface area (Å²) in [6.45, 7) is 5.57. The van der Waals surface area contributed by atoms with Gasteiger partial charge in [0.25, 0.3) is 0 Å².